The molecule has 2 aromatic rings. The smallest absolute Gasteiger partial charge is 0.231 e. The Hall–Kier alpha value is -2.56. The van der Waals surface area contributed by atoms with Crippen LogP contribution in [0, 0.1) is 5.82 Å². The normalized spacial score (nSPS) is 19.1. The van der Waals surface area contributed by atoms with Crippen molar-refractivity contribution in [2.45, 2.75) is 12.3 Å². The number of fused-ring (bicyclic) bond motifs is 2. The van der Waals surface area contributed by atoms with E-state index in [-0.39, 0.29) is 30.9 Å². The number of amides is 1. The van der Waals surface area contributed by atoms with Crippen molar-refractivity contribution in [2.24, 2.45) is 0 Å². The molecule has 4 rings (SSSR count). The van der Waals surface area contributed by atoms with Crippen LogP contribution in [0.2, 0.25) is 0 Å². The molecule has 1 unspecified atom stereocenters. The van der Waals surface area contributed by atoms with E-state index in [2.05, 4.69) is 5.32 Å². The molecule has 0 saturated heterocycles. The highest BCUT2D eigenvalue weighted by atomic mass is 19.1. The van der Waals surface area contributed by atoms with Crippen molar-refractivity contribution < 1.29 is 18.7 Å². The van der Waals surface area contributed by atoms with E-state index in [0.29, 0.717) is 22.7 Å². The zero-order valence-electron chi connectivity index (χ0n) is 11.1. The van der Waals surface area contributed by atoms with Gasteiger partial charge in [0.1, 0.15) is 5.82 Å². The molecule has 0 aliphatic carbocycles. The summed E-state index contributed by atoms with van der Waals surface area (Å²) in [6, 6.07) is 10.1. The van der Waals surface area contributed by atoms with Crippen LogP contribution in [0.15, 0.2) is 36.4 Å². The van der Waals surface area contributed by atoms with Gasteiger partial charge in [0, 0.05) is 24.1 Å². The summed E-state index contributed by atoms with van der Waals surface area (Å²) in [6.07, 6.45) is 0.216. The van der Waals surface area contributed by atoms with Crippen LogP contribution in [0.25, 0.3) is 0 Å². The highest BCUT2D eigenvalue weighted by molar-refractivity contribution is 5.96. The van der Waals surface area contributed by atoms with Gasteiger partial charge in [0.2, 0.25) is 12.7 Å². The highest BCUT2D eigenvalue weighted by Crippen LogP contribution is 2.44. The first-order chi connectivity index (χ1) is 10.2. The molecule has 106 valence electrons. The molecule has 1 amide bonds. The predicted molar refractivity (Wildman–Crippen MR) is 74.1 cm³/mol. The molecule has 0 fully saturated rings. The summed E-state index contributed by atoms with van der Waals surface area (Å²) < 4.78 is 24.8. The van der Waals surface area contributed by atoms with Gasteiger partial charge < -0.3 is 14.8 Å². The average molecular weight is 285 g/mol. The first kappa shape index (κ1) is 12.2. The second kappa shape index (κ2) is 4.48. The fourth-order valence-electron chi connectivity index (χ4n) is 2.89. The first-order valence-electron chi connectivity index (χ1n) is 6.70. The summed E-state index contributed by atoms with van der Waals surface area (Å²) in [5, 5.41) is 2.81. The molecule has 1 N–H and O–H groups in total. The van der Waals surface area contributed by atoms with Gasteiger partial charge in [0.25, 0.3) is 0 Å². The van der Waals surface area contributed by atoms with Gasteiger partial charge in [-0.25, -0.2) is 4.39 Å². The molecule has 0 saturated carbocycles. The van der Waals surface area contributed by atoms with E-state index in [4.69, 9.17) is 9.47 Å². The fourth-order valence-corrected chi connectivity index (χ4v) is 2.89. The quantitative estimate of drug-likeness (QED) is 0.876. The molecule has 5 heteroatoms. The molecule has 0 aromatic heterocycles. The average Bonchev–Trinajstić information content (AvgIpc) is 2.92. The number of benzene rings is 2. The number of anilines is 1. The minimum absolute atomic E-state index is 0.130. The third-order valence-electron chi connectivity index (χ3n) is 3.86. The minimum atomic E-state index is -0.315. The first-order valence-corrected chi connectivity index (χ1v) is 6.70. The summed E-state index contributed by atoms with van der Waals surface area (Å²) in [4.78, 5) is 11.9. The molecule has 1 atom stereocenters. The number of halogens is 1. The van der Waals surface area contributed by atoms with Gasteiger partial charge in [-0.3, -0.25) is 4.79 Å². The van der Waals surface area contributed by atoms with Gasteiger partial charge >= 0.3 is 0 Å². The summed E-state index contributed by atoms with van der Waals surface area (Å²) in [6.45, 7) is 0.163. The second-order valence-electron chi connectivity index (χ2n) is 5.12. The number of hydrogen-bond acceptors (Lipinski definition) is 3. The Kier molecular flexibility index (Phi) is 2.60. The van der Waals surface area contributed by atoms with E-state index in [1.54, 1.807) is 24.3 Å². The zero-order chi connectivity index (χ0) is 14.4. The van der Waals surface area contributed by atoms with Crippen molar-refractivity contribution >= 4 is 11.6 Å². The van der Waals surface area contributed by atoms with E-state index in [0.717, 1.165) is 5.56 Å². The Balaban J connectivity index is 1.88. The maximum Gasteiger partial charge on any atom is 0.231 e. The van der Waals surface area contributed by atoms with Crippen LogP contribution in [0.4, 0.5) is 10.1 Å². The molecule has 4 nitrogen and oxygen atoms in total. The largest absolute Gasteiger partial charge is 0.454 e. The van der Waals surface area contributed by atoms with Crippen LogP contribution in [0.3, 0.4) is 0 Å². The van der Waals surface area contributed by atoms with Crippen LogP contribution in [-0.4, -0.2) is 12.7 Å². The molecule has 2 heterocycles. The van der Waals surface area contributed by atoms with E-state index in [9.17, 15) is 9.18 Å². The monoisotopic (exact) mass is 285 g/mol. The molecule has 2 aliphatic heterocycles. The molecular weight excluding hydrogens is 273 g/mol. The van der Waals surface area contributed by atoms with Crippen molar-refractivity contribution in [2.75, 3.05) is 12.1 Å². The zero-order valence-corrected chi connectivity index (χ0v) is 11.1. The third kappa shape index (κ3) is 1.93. The van der Waals surface area contributed by atoms with Crippen molar-refractivity contribution in [1.82, 2.24) is 0 Å². The van der Waals surface area contributed by atoms with Gasteiger partial charge in [0.15, 0.2) is 11.5 Å². The Labute approximate surface area is 120 Å². The molecular formula is C16H12FNO3. The van der Waals surface area contributed by atoms with E-state index in [1.165, 1.54) is 6.07 Å². The third-order valence-corrected chi connectivity index (χ3v) is 3.86. The van der Waals surface area contributed by atoms with Crippen molar-refractivity contribution in [3.05, 3.63) is 53.3 Å². The van der Waals surface area contributed by atoms with Crippen molar-refractivity contribution in [3.8, 4) is 11.5 Å². The number of ether oxygens (including phenoxy) is 2. The van der Waals surface area contributed by atoms with E-state index in [1.807, 2.05) is 6.07 Å². The molecule has 0 bridgehead atoms. The standard InChI is InChI=1S/C16H12FNO3/c17-12-4-2-1-3-9(12)10-6-16(19)18-13-7-15-14(5-11(10)13)20-8-21-15/h1-5,7,10H,6,8H2,(H,18,19). The van der Waals surface area contributed by atoms with Crippen molar-refractivity contribution in [1.29, 1.82) is 0 Å². The lowest BCUT2D eigenvalue weighted by molar-refractivity contribution is -0.116. The molecule has 0 radical (unpaired) electrons. The Morgan fingerprint density at radius 3 is 2.67 bits per heavy atom. The van der Waals surface area contributed by atoms with Crippen LogP contribution in [0.5, 0.6) is 11.5 Å². The number of nitrogens with one attached hydrogen (secondary N) is 1. The lowest BCUT2D eigenvalue weighted by Crippen LogP contribution is -2.24. The van der Waals surface area contributed by atoms with Gasteiger partial charge in [-0.05, 0) is 23.3 Å². The second-order valence-corrected chi connectivity index (χ2v) is 5.12. The van der Waals surface area contributed by atoms with Gasteiger partial charge in [-0.1, -0.05) is 18.2 Å². The van der Waals surface area contributed by atoms with E-state index >= 15 is 0 Å². The minimum Gasteiger partial charge on any atom is -0.454 e. The maximum absolute atomic E-state index is 14.1. The van der Waals surface area contributed by atoms with Gasteiger partial charge in [-0.2, -0.15) is 0 Å². The van der Waals surface area contributed by atoms with Crippen LogP contribution >= 0.6 is 0 Å². The number of carbonyl (C=O) groups excluding carboxylic acids is 1. The maximum atomic E-state index is 14.1. The van der Waals surface area contributed by atoms with Crippen LogP contribution in [0.1, 0.15) is 23.5 Å². The number of rotatable bonds is 1. The fraction of sp³-hybridized carbons (Fsp3) is 0.188. The summed E-state index contributed by atoms with van der Waals surface area (Å²) >= 11 is 0. The van der Waals surface area contributed by atoms with Gasteiger partial charge in [-0.15, -0.1) is 0 Å². The van der Waals surface area contributed by atoms with E-state index < -0.39 is 0 Å². The lowest BCUT2D eigenvalue weighted by atomic mass is 9.84. The number of hydrogen-bond donors (Lipinski definition) is 1. The Morgan fingerprint density at radius 1 is 1.10 bits per heavy atom. The Morgan fingerprint density at radius 2 is 1.86 bits per heavy atom. The van der Waals surface area contributed by atoms with Gasteiger partial charge in [0.05, 0.1) is 0 Å². The lowest BCUT2D eigenvalue weighted by Gasteiger charge is -2.26. The molecule has 0 spiro atoms. The van der Waals surface area contributed by atoms with Crippen LogP contribution in [-0.2, 0) is 4.79 Å². The SMILES string of the molecule is O=C1CC(c2ccccc2F)c2cc3c(cc2N1)OCO3. The van der Waals surface area contributed by atoms with Crippen LogP contribution < -0.4 is 14.8 Å². The summed E-state index contributed by atoms with van der Waals surface area (Å²) in [5.41, 5.74) is 2.03. The number of carbonyl (C=O) groups is 1. The molecule has 2 aliphatic rings. The summed E-state index contributed by atoms with van der Waals surface area (Å²) in [5.74, 6) is 0.481. The Bertz CT molecular complexity index is 744. The predicted octanol–water partition coefficient (Wildman–Crippen LogP) is 3.03. The molecule has 2 aromatic carbocycles. The topological polar surface area (TPSA) is 47.6 Å². The summed E-state index contributed by atoms with van der Waals surface area (Å²) in [7, 11) is 0. The van der Waals surface area contributed by atoms with Crippen molar-refractivity contribution in [3.63, 3.8) is 0 Å². The highest BCUT2D eigenvalue weighted by Gasteiger charge is 2.31. The molecule has 21 heavy (non-hydrogen) atoms.